The Morgan fingerprint density at radius 3 is 1.01 bits per heavy atom. The molecule has 0 bridgehead atoms. The fourth-order valence-corrected chi connectivity index (χ4v) is 10.7. The summed E-state index contributed by atoms with van der Waals surface area (Å²) in [6, 6.07) is 0. The molecule has 12 nitrogen and oxygen atoms in total. The van der Waals surface area contributed by atoms with E-state index in [0.29, 0.717) is 12.8 Å². The van der Waals surface area contributed by atoms with E-state index in [2.05, 4.69) is 13.8 Å². The summed E-state index contributed by atoms with van der Waals surface area (Å²) < 4.78 is 54.5. The maximum atomic E-state index is 12.9. The highest BCUT2D eigenvalue weighted by Gasteiger charge is 2.46. The first-order valence-corrected chi connectivity index (χ1v) is 32.2. The van der Waals surface area contributed by atoms with Crippen LogP contribution in [0.5, 0.6) is 0 Å². The molecule has 2 unspecified atom stereocenters. The van der Waals surface area contributed by atoms with Gasteiger partial charge in [-0.3, -0.25) is 14.1 Å². The smallest absolute Gasteiger partial charge is 0.306 e. The van der Waals surface area contributed by atoms with E-state index in [1.165, 1.54) is 231 Å². The molecule has 1 heterocycles. The van der Waals surface area contributed by atoms with Gasteiger partial charge in [0.15, 0.2) is 12.4 Å². The molecule has 0 aromatic carbocycles. The van der Waals surface area contributed by atoms with Crippen molar-refractivity contribution in [3.05, 3.63) is 0 Å². The van der Waals surface area contributed by atoms with Crippen molar-refractivity contribution in [3.63, 3.8) is 0 Å². The Bertz CT molecular complexity index is 1320. The number of ether oxygens (including phenoxy) is 4. The van der Waals surface area contributed by atoms with Gasteiger partial charge < -0.3 is 34.3 Å². The zero-order valence-electron chi connectivity index (χ0n) is 46.6. The normalized spacial score (nSPS) is 18.7. The van der Waals surface area contributed by atoms with Crippen LogP contribution in [0.3, 0.4) is 0 Å². The molecule has 0 radical (unpaired) electrons. The van der Waals surface area contributed by atoms with Crippen molar-refractivity contribution in [1.29, 1.82) is 0 Å². The molecule has 0 aromatic heterocycles. The van der Waals surface area contributed by atoms with Gasteiger partial charge in [0, 0.05) is 12.8 Å². The Labute approximate surface area is 442 Å². The molecule has 0 saturated carbocycles. The minimum Gasteiger partial charge on any atom is -0.462 e. The number of hydrogen-bond acceptors (Lipinski definition) is 11. The number of carbonyl (C=O) groups is 2. The van der Waals surface area contributed by atoms with Gasteiger partial charge >= 0.3 is 11.9 Å². The van der Waals surface area contributed by atoms with Crippen molar-refractivity contribution >= 4 is 22.1 Å². The van der Waals surface area contributed by atoms with Gasteiger partial charge in [0.25, 0.3) is 10.1 Å². The first-order chi connectivity index (χ1) is 35.0. The second kappa shape index (κ2) is 49.2. The number of aliphatic hydroxyl groups is 3. The van der Waals surface area contributed by atoms with Gasteiger partial charge in [0.2, 0.25) is 0 Å². The van der Waals surface area contributed by atoms with Gasteiger partial charge in [0.05, 0.1) is 6.61 Å². The lowest BCUT2D eigenvalue weighted by molar-refractivity contribution is -0.297. The van der Waals surface area contributed by atoms with Crippen LogP contribution in [0.1, 0.15) is 309 Å². The van der Waals surface area contributed by atoms with E-state index >= 15 is 0 Å². The molecule has 1 fully saturated rings. The van der Waals surface area contributed by atoms with Crippen LogP contribution in [0.25, 0.3) is 0 Å². The van der Waals surface area contributed by atoms with Crippen molar-refractivity contribution in [3.8, 4) is 0 Å². The van der Waals surface area contributed by atoms with Crippen LogP contribution in [0.15, 0.2) is 0 Å². The van der Waals surface area contributed by atoms with E-state index in [0.717, 1.165) is 38.5 Å². The fraction of sp³-hybridized carbons (Fsp3) is 0.966. The summed E-state index contributed by atoms with van der Waals surface area (Å²) in [5, 5.41) is 31.1. The molecule has 6 atom stereocenters. The second-order valence-corrected chi connectivity index (χ2v) is 23.2. The summed E-state index contributed by atoms with van der Waals surface area (Å²) in [6.07, 6.45) is 47.2. The zero-order valence-corrected chi connectivity index (χ0v) is 47.4. The van der Waals surface area contributed by atoms with Crippen LogP contribution in [0.2, 0.25) is 0 Å². The van der Waals surface area contributed by atoms with Crippen LogP contribution in [-0.2, 0) is 38.7 Å². The first-order valence-electron chi connectivity index (χ1n) is 30.6. The van der Waals surface area contributed by atoms with E-state index in [-0.39, 0.29) is 19.4 Å². The van der Waals surface area contributed by atoms with Crippen molar-refractivity contribution in [2.24, 2.45) is 0 Å². The molecule has 1 rings (SSSR count). The predicted molar refractivity (Wildman–Crippen MR) is 294 cm³/mol. The standard InChI is InChI=1S/C59H114O12S/c1-3-5-7-9-11-13-15-17-19-21-23-25-26-28-29-31-33-35-37-39-41-43-45-47-54(60)68-49-52(50-69-59-58(64)57(63)56(62)53(71-59)51-72(65,66)67)70-55(61)48-46-44-42-40-38-36-34-32-30-27-24-22-20-18-16-14-12-10-8-6-4-2/h52-53,56-59,62-64H,3-51H2,1-2H3,(H,65,66,67)/t52-,53-,56-,57?,58?,59+/m1/s1. The number of hydrogen-bond donors (Lipinski definition) is 4. The average molecular weight is 1050 g/mol. The average Bonchev–Trinajstić information content (AvgIpc) is 3.35. The van der Waals surface area contributed by atoms with Crippen LogP contribution < -0.4 is 0 Å². The molecule has 0 spiro atoms. The maximum Gasteiger partial charge on any atom is 0.306 e. The summed E-state index contributed by atoms with van der Waals surface area (Å²) in [4.78, 5) is 25.7. The third-order valence-electron chi connectivity index (χ3n) is 14.7. The van der Waals surface area contributed by atoms with E-state index in [4.69, 9.17) is 18.9 Å². The van der Waals surface area contributed by atoms with Gasteiger partial charge in [-0.05, 0) is 12.8 Å². The summed E-state index contributed by atoms with van der Waals surface area (Å²) in [5.41, 5.74) is 0. The van der Waals surface area contributed by atoms with Crippen LogP contribution in [0.4, 0.5) is 0 Å². The predicted octanol–water partition coefficient (Wildman–Crippen LogP) is 15.1. The first kappa shape index (κ1) is 68.7. The Hall–Kier alpha value is -1.35. The molecular weight excluding hydrogens is 933 g/mol. The zero-order chi connectivity index (χ0) is 52.6. The van der Waals surface area contributed by atoms with Crippen molar-refractivity contribution in [2.75, 3.05) is 19.0 Å². The van der Waals surface area contributed by atoms with Gasteiger partial charge in [-0.1, -0.05) is 284 Å². The summed E-state index contributed by atoms with van der Waals surface area (Å²) in [7, 11) is -4.60. The Morgan fingerprint density at radius 1 is 0.417 bits per heavy atom. The third kappa shape index (κ3) is 42.8. The molecule has 1 aliphatic rings. The molecule has 0 aromatic rings. The number of rotatable bonds is 54. The fourth-order valence-electron chi connectivity index (χ4n) is 9.98. The number of aliphatic hydroxyl groups excluding tert-OH is 3. The lowest BCUT2D eigenvalue weighted by Crippen LogP contribution is -2.60. The van der Waals surface area contributed by atoms with Gasteiger partial charge in [0.1, 0.15) is 36.8 Å². The minimum atomic E-state index is -4.60. The summed E-state index contributed by atoms with van der Waals surface area (Å²) >= 11 is 0. The van der Waals surface area contributed by atoms with Crippen LogP contribution >= 0.6 is 0 Å². The summed E-state index contributed by atoms with van der Waals surface area (Å²) in [5.74, 6) is -1.95. The van der Waals surface area contributed by atoms with Crippen LogP contribution in [-0.4, -0.2) is 96.0 Å². The lowest BCUT2D eigenvalue weighted by atomic mass is 10.00. The second-order valence-electron chi connectivity index (χ2n) is 21.7. The topological polar surface area (TPSA) is 186 Å². The summed E-state index contributed by atoms with van der Waals surface area (Å²) in [6.45, 7) is 3.85. The molecule has 72 heavy (non-hydrogen) atoms. The molecule has 0 aliphatic carbocycles. The lowest BCUT2D eigenvalue weighted by Gasteiger charge is -2.40. The largest absolute Gasteiger partial charge is 0.462 e. The van der Waals surface area contributed by atoms with Crippen molar-refractivity contribution in [2.45, 2.75) is 346 Å². The van der Waals surface area contributed by atoms with E-state index < -0.39 is 71.2 Å². The Kier molecular flexibility index (Phi) is 47.0. The van der Waals surface area contributed by atoms with E-state index in [1.807, 2.05) is 0 Å². The number of carbonyl (C=O) groups excluding carboxylic acids is 2. The highest BCUT2D eigenvalue weighted by molar-refractivity contribution is 7.85. The van der Waals surface area contributed by atoms with Crippen LogP contribution in [0, 0.1) is 0 Å². The van der Waals surface area contributed by atoms with E-state index in [1.54, 1.807) is 0 Å². The molecule has 1 aliphatic heterocycles. The van der Waals surface area contributed by atoms with Gasteiger partial charge in [-0.15, -0.1) is 0 Å². The van der Waals surface area contributed by atoms with Gasteiger partial charge in [-0.25, -0.2) is 0 Å². The number of esters is 2. The minimum absolute atomic E-state index is 0.174. The van der Waals surface area contributed by atoms with E-state index in [9.17, 15) is 37.9 Å². The quantitative estimate of drug-likeness (QED) is 0.0257. The molecule has 428 valence electrons. The Balaban J connectivity index is 2.26. The maximum absolute atomic E-state index is 12.9. The molecule has 4 N–H and O–H groups in total. The molecule has 0 amide bonds. The molecule has 13 heteroatoms. The molecular formula is C59H114O12S. The van der Waals surface area contributed by atoms with Gasteiger partial charge in [-0.2, -0.15) is 8.42 Å². The highest BCUT2D eigenvalue weighted by atomic mass is 32.2. The third-order valence-corrected chi connectivity index (χ3v) is 15.4. The monoisotopic (exact) mass is 1050 g/mol. The van der Waals surface area contributed by atoms with Crippen molar-refractivity contribution in [1.82, 2.24) is 0 Å². The Morgan fingerprint density at radius 2 is 0.708 bits per heavy atom. The number of unbranched alkanes of at least 4 members (excludes halogenated alkanes) is 42. The van der Waals surface area contributed by atoms with Crippen molar-refractivity contribution < 1.29 is 56.8 Å². The highest BCUT2D eigenvalue weighted by Crippen LogP contribution is 2.24. The SMILES string of the molecule is CCCCCCCCCCCCCCCCCCCCCCCCCC(=O)OC[C@H](CO[C@H]1O[C@H](CS(=O)(=O)O)[C@@H](O)C(O)C1O)OC(=O)CCCCCCCCCCCCCCCCCCCCCCC. The molecule has 1 saturated heterocycles.